The minimum Gasteiger partial charge on any atom is -0.452 e. The number of benzene rings is 1. The third-order valence-corrected chi connectivity index (χ3v) is 2.07. The number of hydrogen-bond acceptors (Lipinski definition) is 8. The predicted octanol–water partition coefficient (Wildman–Crippen LogP) is 0.995. The first-order valence-corrected chi connectivity index (χ1v) is 4.47. The van der Waals surface area contributed by atoms with Crippen molar-refractivity contribution in [3.63, 3.8) is 0 Å². The van der Waals surface area contributed by atoms with E-state index in [0.29, 0.717) is 12.1 Å². The van der Waals surface area contributed by atoms with Crippen molar-refractivity contribution in [3.8, 4) is 0 Å². The van der Waals surface area contributed by atoms with Gasteiger partial charge in [-0.3, -0.25) is 30.3 Å². The number of nitro groups is 3. The number of hydrogen-bond donors (Lipinski definition) is 0. The lowest BCUT2D eigenvalue weighted by atomic mass is 10.1. The maximum Gasteiger partial charge on any atom is 0.417 e. The second-order valence-electron chi connectivity index (χ2n) is 3.11. The molecular weight excluding hydrogens is 266 g/mol. The van der Waals surface area contributed by atoms with E-state index in [0.717, 1.165) is 6.47 Å². The van der Waals surface area contributed by atoms with E-state index < -0.39 is 44.0 Å². The summed E-state index contributed by atoms with van der Waals surface area (Å²) < 4.78 is 4.12. The minimum absolute atomic E-state index is 0.552. The van der Waals surface area contributed by atoms with Gasteiger partial charge in [-0.2, -0.15) is 0 Å². The predicted molar refractivity (Wildman–Crippen MR) is 56.9 cm³/mol. The van der Waals surface area contributed by atoms with Crippen LogP contribution in [0.2, 0.25) is 0 Å². The fourth-order valence-corrected chi connectivity index (χ4v) is 1.31. The molecule has 11 heteroatoms. The fraction of sp³-hybridized carbons (Fsp3) is 0.125. The molecule has 0 aliphatic rings. The highest BCUT2D eigenvalue weighted by atomic mass is 16.6. The third-order valence-electron chi connectivity index (χ3n) is 2.07. The van der Waals surface area contributed by atoms with Gasteiger partial charge < -0.3 is 4.74 Å². The van der Waals surface area contributed by atoms with Crippen LogP contribution in [0.25, 0.3) is 0 Å². The highest BCUT2D eigenvalue weighted by Crippen LogP contribution is 2.33. The van der Waals surface area contributed by atoms with Gasteiger partial charge in [0.2, 0.25) is 0 Å². The lowest BCUT2D eigenvalue weighted by molar-refractivity contribution is -0.404. The SMILES string of the molecule is O=[C]OCc1c([N+](=O)[O-])cc([N+](=O)[O-])cc1[N+](=O)[O-]. The molecule has 0 N–H and O–H groups in total. The second-order valence-corrected chi connectivity index (χ2v) is 3.11. The van der Waals surface area contributed by atoms with Crippen LogP contribution in [0.1, 0.15) is 5.56 Å². The highest BCUT2D eigenvalue weighted by Gasteiger charge is 2.30. The van der Waals surface area contributed by atoms with Crippen LogP contribution in [-0.4, -0.2) is 21.2 Å². The Morgan fingerprint density at radius 3 is 1.79 bits per heavy atom. The van der Waals surface area contributed by atoms with Crippen LogP contribution >= 0.6 is 0 Å². The molecule has 0 spiro atoms. The second kappa shape index (κ2) is 5.48. The van der Waals surface area contributed by atoms with Crippen molar-refractivity contribution in [3.05, 3.63) is 48.0 Å². The topological polar surface area (TPSA) is 156 Å². The van der Waals surface area contributed by atoms with Crippen LogP contribution in [0.4, 0.5) is 17.1 Å². The maximum atomic E-state index is 10.7. The Kier molecular flexibility index (Phi) is 4.03. The summed E-state index contributed by atoms with van der Waals surface area (Å²) in [7, 11) is 0. The molecule has 0 aliphatic carbocycles. The molecule has 1 radical (unpaired) electrons. The minimum atomic E-state index is -1.04. The molecule has 0 atom stereocenters. The van der Waals surface area contributed by atoms with Gasteiger partial charge >= 0.3 is 6.47 Å². The molecule has 0 amide bonds. The number of carbonyl (C=O) groups excluding carboxylic acids is 1. The molecule has 0 aromatic heterocycles. The zero-order chi connectivity index (χ0) is 14.6. The van der Waals surface area contributed by atoms with E-state index in [1.165, 1.54) is 0 Å². The largest absolute Gasteiger partial charge is 0.452 e. The van der Waals surface area contributed by atoms with Gasteiger partial charge in [-0.25, -0.2) is 4.79 Å². The molecule has 0 aliphatic heterocycles. The molecule has 1 aromatic carbocycles. The van der Waals surface area contributed by atoms with Crippen LogP contribution in [0.5, 0.6) is 0 Å². The summed E-state index contributed by atoms with van der Waals surface area (Å²) >= 11 is 0. The first-order valence-electron chi connectivity index (χ1n) is 4.47. The number of non-ortho nitro benzene ring substituents is 1. The molecule has 99 valence electrons. The van der Waals surface area contributed by atoms with Crippen LogP contribution in [0.15, 0.2) is 12.1 Å². The van der Waals surface area contributed by atoms with E-state index >= 15 is 0 Å². The Hall–Kier alpha value is -3.11. The monoisotopic (exact) mass is 270 g/mol. The Bertz CT molecular complexity index is 534. The Morgan fingerprint density at radius 1 is 1.00 bits per heavy atom. The van der Waals surface area contributed by atoms with Crippen molar-refractivity contribution < 1.29 is 24.3 Å². The quantitative estimate of drug-likeness (QED) is 0.547. The molecule has 11 nitrogen and oxygen atoms in total. The Balaban J connectivity index is 3.54. The van der Waals surface area contributed by atoms with Gasteiger partial charge in [0.15, 0.2) is 0 Å². The summed E-state index contributed by atoms with van der Waals surface area (Å²) in [6.45, 7) is 0.173. The normalized spacial score (nSPS) is 9.68. The number of nitrogens with zero attached hydrogens (tertiary/aromatic N) is 3. The van der Waals surface area contributed by atoms with Gasteiger partial charge in [0.25, 0.3) is 17.1 Å². The molecule has 0 fully saturated rings. The van der Waals surface area contributed by atoms with Gasteiger partial charge in [-0.15, -0.1) is 0 Å². The van der Waals surface area contributed by atoms with Crippen molar-refractivity contribution in [1.82, 2.24) is 0 Å². The van der Waals surface area contributed by atoms with Crippen molar-refractivity contribution in [2.45, 2.75) is 6.61 Å². The van der Waals surface area contributed by atoms with E-state index in [4.69, 9.17) is 0 Å². The van der Waals surface area contributed by atoms with Gasteiger partial charge in [-0.1, -0.05) is 0 Å². The summed E-state index contributed by atoms with van der Waals surface area (Å²) in [6, 6.07) is 1.10. The molecule has 0 saturated carbocycles. The van der Waals surface area contributed by atoms with Crippen LogP contribution in [0, 0.1) is 30.3 Å². The lowest BCUT2D eigenvalue weighted by Crippen LogP contribution is -2.04. The standard InChI is InChI=1S/C8H4N3O8/c12-4-19-3-6-7(10(15)16)1-5(9(13)14)2-8(6)11(17)18/h1-2H,3H2. The molecule has 1 aromatic rings. The van der Waals surface area contributed by atoms with Gasteiger partial charge in [-0.05, 0) is 0 Å². The summed E-state index contributed by atoms with van der Waals surface area (Å²) in [6.07, 6.45) is 0. The number of ether oxygens (including phenoxy) is 1. The Morgan fingerprint density at radius 2 is 1.47 bits per heavy atom. The van der Waals surface area contributed by atoms with Crippen molar-refractivity contribution in [2.24, 2.45) is 0 Å². The lowest BCUT2D eigenvalue weighted by Gasteiger charge is -2.02. The van der Waals surface area contributed by atoms with Crippen LogP contribution < -0.4 is 0 Å². The Labute approximate surface area is 103 Å². The third kappa shape index (κ3) is 2.96. The smallest absolute Gasteiger partial charge is 0.417 e. The zero-order valence-corrected chi connectivity index (χ0v) is 8.97. The molecule has 19 heavy (non-hydrogen) atoms. The van der Waals surface area contributed by atoms with E-state index in [1.807, 2.05) is 0 Å². The number of nitro benzene ring substituents is 3. The van der Waals surface area contributed by atoms with Crippen molar-refractivity contribution in [2.75, 3.05) is 0 Å². The first kappa shape index (κ1) is 14.0. The molecule has 1 rings (SSSR count). The van der Waals surface area contributed by atoms with Crippen LogP contribution in [-0.2, 0) is 16.1 Å². The van der Waals surface area contributed by atoms with Crippen molar-refractivity contribution >= 4 is 23.5 Å². The van der Waals surface area contributed by atoms with E-state index in [1.54, 1.807) is 0 Å². The fourth-order valence-electron chi connectivity index (χ4n) is 1.31. The average Bonchev–Trinajstić information content (AvgIpc) is 2.34. The van der Waals surface area contributed by atoms with Gasteiger partial charge in [0.1, 0.15) is 12.2 Å². The van der Waals surface area contributed by atoms with Crippen molar-refractivity contribution in [1.29, 1.82) is 0 Å². The molecule has 0 heterocycles. The highest BCUT2D eigenvalue weighted by molar-refractivity contribution is 5.60. The summed E-state index contributed by atoms with van der Waals surface area (Å²) in [5.74, 6) is 0. The zero-order valence-electron chi connectivity index (χ0n) is 8.97. The summed E-state index contributed by atoms with van der Waals surface area (Å²) in [4.78, 5) is 38.9. The van der Waals surface area contributed by atoms with Crippen LogP contribution in [0.3, 0.4) is 0 Å². The summed E-state index contributed by atoms with van der Waals surface area (Å²) in [5, 5.41) is 32.0. The van der Waals surface area contributed by atoms with E-state index in [9.17, 15) is 35.1 Å². The summed E-state index contributed by atoms with van der Waals surface area (Å²) in [5.41, 5.74) is -3.12. The molecular formula is C8H4N3O8. The van der Waals surface area contributed by atoms with E-state index in [-0.39, 0.29) is 0 Å². The average molecular weight is 270 g/mol. The number of rotatable bonds is 6. The van der Waals surface area contributed by atoms with E-state index in [2.05, 4.69) is 4.74 Å². The maximum absolute atomic E-state index is 10.7. The van der Waals surface area contributed by atoms with Gasteiger partial charge in [0, 0.05) is 0 Å². The van der Waals surface area contributed by atoms with Gasteiger partial charge in [0.05, 0.1) is 26.9 Å². The molecule has 0 saturated heterocycles. The molecule has 0 bridgehead atoms. The molecule has 0 unspecified atom stereocenters. The first-order chi connectivity index (χ1) is 8.88.